The van der Waals surface area contributed by atoms with Crippen LogP contribution in [0.25, 0.3) is 11.0 Å². The minimum Gasteiger partial charge on any atom is -0.422 e. The van der Waals surface area contributed by atoms with Crippen LogP contribution in [0.1, 0.15) is 10.4 Å². The Hall–Kier alpha value is -3.33. The topological polar surface area (TPSA) is 99.9 Å². The molecule has 144 valence electrons. The maximum Gasteiger partial charge on any atom is 0.349 e. The van der Waals surface area contributed by atoms with E-state index < -0.39 is 21.7 Å². The van der Waals surface area contributed by atoms with Crippen molar-refractivity contribution in [2.75, 3.05) is 28.7 Å². The number of fused-ring (bicyclic) bond motifs is 2. The van der Waals surface area contributed by atoms with E-state index in [0.717, 1.165) is 0 Å². The highest BCUT2D eigenvalue weighted by Gasteiger charge is 2.37. The van der Waals surface area contributed by atoms with Crippen LogP contribution < -0.4 is 19.6 Å². The van der Waals surface area contributed by atoms with Gasteiger partial charge in [-0.3, -0.25) is 9.10 Å². The molecule has 28 heavy (non-hydrogen) atoms. The van der Waals surface area contributed by atoms with Crippen molar-refractivity contribution < 1.29 is 17.6 Å². The van der Waals surface area contributed by atoms with Crippen LogP contribution in [0.15, 0.2) is 63.8 Å². The molecule has 0 radical (unpaired) electrons. The highest BCUT2D eigenvalue weighted by atomic mass is 32.2. The second-order valence-corrected chi connectivity index (χ2v) is 8.16. The van der Waals surface area contributed by atoms with Gasteiger partial charge in [-0.2, -0.15) is 8.42 Å². The lowest BCUT2D eigenvalue weighted by Gasteiger charge is -2.19. The monoisotopic (exact) mass is 399 g/mol. The van der Waals surface area contributed by atoms with Crippen molar-refractivity contribution in [1.82, 2.24) is 5.32 Å². The van der Waals surface area contributed by atoms with E-state index in [2.05, 4.69) is 5.32 Å². The minimum atomic E-state index is -3.69. The van der Waals surface area contributed by atoms with Gasteiger partial charge in [-0.15, -0.1) is 0 Å². The Kier molecular flexibility index (Phi) is 4.31. The van der Waals surface area contributed by atoms with E-state index in [4.69, 9.17) is 4.42 Å². The first-order valence-corrected chi connectivity index (χ1v) is 9.96. The van der Waals surface area contributed by atoms with Crippen molar-refractivity contribution in [1.29, 1.82) is 0 Å². The average Bonchev–Trinajstić information content (AvgIpc) is 2.88. The maximum absolute atomic E-state index is 12.6. The average molecular weight is 399 g/mol. The summed E-state index contributed by atoms with van der Waals surface area (Å²) in [5.74, 6) is -0.613. The molecule has 0 atom stereocenters. The number of anilines is 2. The van der Waals surface area contributed by atoms with E-state index in [0.29, 0.717) is 22.3 Å². The van der Waals surface area contributed by atoms with Crippen LogP contribution in [0.5, 0.6) is 0 Å². The van der Waals surface area contributed by atoms with Gasteiger partial charge in [0, 0.05) is 19.0 Å². The second kappa shape index (κ2) is 6.68. The third-order valence-corrected chi connectivity index (χ3v) is 6.43. The van der Waals surface area contributed by atoms with Gasteiger partial charge in [0.2, 0.25) is 0 Å². The molecular weight excluding hydrogens is 382 g/mol. The number of hydrogen-bond acceptors (Lipinski definition) is 5. The molecule has 0 bridgehead atoms. The number of benzene rings is 2. The number of amides is 1. The first-order chi connectivity index (χ1) is 13.4. The zero-order valence-corrected chi connectivity index (χ0v) is 15.8. The Morgan fingerprint density at radius 1 is 1.07 bits per heavy atom. The Morgan fingerprint density at radius 3 is 2.54 bits per heavy atom. The molecule has 0 aliphatic carbocycles. The number of hydrogen-bond donors (Lipinski definition) is 1. The molecule has 0 fully saturated rings. The summed E-state index contributed by atoms with van der Waals surface area (Å²) in [6.07, 6.45) is 0. The summed E-state index contributed by atoms with van der Waals surface area (Å²) < 4.78 is 32.7. The maximum atomic E-state index is 12.6. The van der Waals surface area contributed by atoms with E-state index in [1.807, 2.05) is 0 Å². The molecule has 1 amide bonds. The predicted molar refractivity (Wildman–Crippen MR) is 106 cm³/mol. The van der Waals surface area contributed by atoms with Crippen LogP contribution in [0.2, 0.25) is 0 Å². The fourth-order valence-corrected chi connectivity index (χ4v) is 4.58. The van der Waals surface area contributed by atoms with Crippen LogP contribution in [0.3, 0.4) is 0 Å². The van der Waals surface area contributed by atoms with Crippen molar-refractivity contribution in [3.8, 4) is 0 Å². The summed E-state index contributed by atoms with van der Waals surface area (Å²) in [5, 5.41) is 3.22. The second-order valence-electron chi connectivity index (χ2n) is 6.28. The third-order valence-electron chi connectivity index (χ3n) is 4.60. The first-order valence-electron chi connectivity index (χ1n) is 8.56. The number of para-hydroxylation sites is 3. The highest BCUT2D eigenvalue weighted by Crippen LogP contribution is 2.38. The molecule has 1 N–H and O–H groups in total. The summed E-state index contributed by atoms with van der Waals surface area (Å²) in [5.41, 5.74) is 0.649. The van der Waals surface area contributed by atoms with Gasteiger partial charge in [0.15, 0.2) is 0 Å². The Morgan fingerprint density at radius 2 is 1.75 bits per heavy atom. The highest BCUT2D eigenvalue weighted by molar-refractivity contribution is 7.94. The van der Waals surface area contributed by atoms with Crippen molar-refractivity contribution in [2.24, 2.45) is 0 Å². The number of carbonyl (C=O) groups excluding carboxylic acids is 1. The fraction of sp³-hybridized carbons (Fsp3) is 0.158. The number of nitrogens with one attached hydrogen (secondary N) is 1. The Bertz CT molecular complexity index is 1240. The molecule has 1 aliphatic heterocycles. The van der Waals surface area contributed by atoms with Gasteiger partial charge in [0.1, 0.15) is 11.1 Å². The molecule has 0 unspecified atom stereocenters. The van der Waals surface area contributed by atoms with Crippen molar-refractivity contribution in [3.05, 3.63) is 70.6 Å². The van der Waals surface area contributed by atoms with Crippen molar-refractivity contribution >= 4 is 38.5 Å². The van der Waals surface area contributed by atoms with E-state index in [9.17, 15) is 18.0 Å². The molecule has 0 saturated heterocycles. The lowest BCUT2D eigenvalue weighted by Crippen LogP contribution is -2.41. The van der Waals surface area contributed by atoms with E-state index in [1.54, 1.807) is 48.5 Å². The summed E-state index contributed by atoms with van der Waals surface area (Å²) in [6.45, 7) is 0.0703. The van der Waals surface area contributed by atoms with E-state index >= 15 is 0 Å². The molecule has 8 nitrogen and oxygen atoms in total. The molecule has 4 rings (SSSR count). The van der Waals surface area contributed by atoms with Gasteiger partial charge >= 0.3 is 15.8 Å². The molecule has 0 saturated carbocycles. The molecule has 1 aliphatic rings. The van der Waals surface area contributed by atoms with Gasteiger partial charge < -0.3 is 9.73 Å². The number of rotatable bonds is 4. The molecule has 9 heteroatoms. The van der Waals surface area contributed by atoms with Crippen LogP contribution in [-0.2, 0) is 10.2 Å². The van der Waals surface area contributed by atoms with Crippen molar-refractivity contribution in [2.45, 2.75) is 0 Å². The summed E-state index contributed by atoms with van der Waals surface area (Å²) in [6, 6.07) is 15.3. The van der Waals surface area contributed by atoms with E-state index in [-0.39, 0.29) is 18.7 Å². The van der Waals surface area contributed by atoms with Crippen LogP contribution in [-0.4, -0.2) is 34.5 Å². The quantitative estimate of drug-likeness (QED) is 0.674. The van der Waals surface area contributed by atoms with Gasteiger partial charge in [0.05, 0.1) is 17.9 Å². The fourth-order valence-electron chi connectivity index (χ4n) is 3.16. The summed E-state index contributed by atoms with van der Waals surface area (Å²) in [4.78, 5) is 24.5. The Balaban J connectivity index is 1.51. The van der Waals surface area contributed by atoms with Crippen LogP contribution in [0, 0.1) is 0 Å². The lowest BCUT2D eigenvalue weighted by molar-refractivity contribution is 0.0951. The molecule has 2 heterocycles. The van der Waals surface area contributed by atoms with Crippen LogP contribution in [0.4, 0.5) is 11.4 Å². The molecule has 1 aromatic heterocycles. The van der Waals surface area contributed by atoms with Crippen LogP contribution >= 0.6 is 0 Å². The summed E-state index contributed by atoms with van der Waals surface area (Å²) in [7, 11) is -2.21. The Labute approximate surface area is 161 Å². The standard InChI is InChI=1S/C19H17N3O5S/c1-21-15-7-3-4-8-16(15)22(28(21,25)26)11-10-20-18(23)14-12-13-6-2-5-9-17(13)27-19(14)24/h2-9,12H,10-11H2,1H3,(H,20,23). The normalized spacial score (nSPS) is 14.9. The van der Waals surface area contributed by atoms with E-state index in [1.165, 1.54) is 21.7 Å². The summed E-state index contributed by atoms with van der Waals surface area (Å²) >= 11 is 0. The molecule has 2 aromatic carbocycles. The van der Waals surface area contributed by atoms with Gasteiger partial charge in [-0.1, -0.05) is 30.3 Å². The predicted octanol–water partition coefficient (Wildman–Crippen LogP) is 1.72. The largest absolute Gasteiger partial charge is 0.422 e. The van der Waals surface area contributed by atoms with Gasteiger partial charge in [-0.05, 0) is 24.3 Å². The number of carbonyl (C=O) groups is 1. The molecule has 0 spiro atoms. The zero-order chi connectivity index (χ0) is 19.9. The minimum absolute atomic E-state index is 0.0342. The SMILES string of the molecule is CN1c2ccccc2N(CCNC(=O)c2cc3ccccc3oc2=O)S1(=O)=O. The zero-order valence-electron chi connectivity index (χ0n) is 15.0. The number of nitrogens with zero attached hydrogens (tertiary/aromatic N) is 2. The lowest BCUT2D eigenvalue weighted by atomic mass is 10.2. The molecular formula is C19H17N3O5S. The molecule has 3 aromatic rings. The van der Waals surface area contributed by atoms with Crippen molar-refractivity contribution in [3.63, 3.8) is 0 Å². The third kappa shape index (κ3) is 2.89. The van der Waals surface area contributed by atoms with Gasteiger partial charge in [0.25, 0.3) is 5.91 Å². The van der Waals surface area contributed by atoms with Gasteiger partial charge in [-0.25, -0.2) is 9.10 Å². The smallest absolute Gasteiger partial charge is 0.349 e. The first kappa shape index (κ1) is 18.1.